The summed E-state index contributed by atoms with van der Waals surface area (Å²) in [4.78, 5) is 9.00. The molecule has 0 aliphatic rings. The molecule has 7 aromatic rings. The number of fused-ring (bicyclic) bond motifs is 5. The SMILES string of the molecule is C=Cc1ccc(-c2ccc(-c3ccc(-n4c5ccccc5c5c6ncccc6ccc54)c(C=C)c3C=C)cc2)cc1C=NC. The lowest BCUT2D eigenvalue weighted by Crippen LogP contribution is -2.00. The number of hydrogen-bond donors (Lipinski definition) is 0. The summed E-state index contributed by atoms with van der Waals surface area (Å²) >= 11 is 0. The minimum absolute atomic E-state index is 1.01. The van der Waals surface area contributed by atoms with Gasteiger partial charge in [0, 0.05) is 46.7 Å². The third-order valence-electron chi connectivity index (χ3n) is 8.43. The molecule has 0 spiro atoms. The molecule has 5 aromatic carbocycles. The average molecular weight is 566 g/mol. The number of hydrogen-bond acceptors (Lipinski definition) is 2. The Bertz CT molecular complexity index is 2280. The first-order chi connectivity index (χ1) is 21.7. The predicted octanol–water partition coefficient (Wildman–Crippen LogP) is 10.6. The number of benzene rings is 5. The van der Waals surface area contributed by atoms with Crippen molar-refractivity contribution in [3.05, 3.63) is 151 Å². The lowest BCUT2D eigenvalue weighted by Gasteiger charge is -2.18. The second-order valence-electron chi connectivity index (χ2n) is 10.8. The Morgan fingerprint density at radius 3 is 2.20 bits per heavy atom. The van der Waals surface area contributed by atoms with Gasteiger partial charge >= 0.3 is 0 Å². The van der Waals surface area contributed by atoms with E-state index in [4.69, 9.17) is 4.98 Å². The van der Waals surface area contributed by atoms with E-state index in [0.29, 0.717) is 0 Å². The Labute approximate surface area is 257 Å². The lowest BCUT2D eigenvalue weighted by atomic mass is 9.92. The van der Waals surface area contributed by atoms with Crippen LogP contribution in [-0.2, 0) is 0 Å². The van der Waals surface area contributed by atoms with Crippen molar-refractivity contribution in [3.63, 3.8) is 0 Å². The van der Waals surface area contributed by atoms with Crippen molar-refractivity contribution in [3.8, 4) is 27.9 Å². The third-order valence-corrected chi connectivity index (χ3v) is 8.43. The maximum atomic E-state index is 4.79. The fourth-order valence-corrected chi connectivity index (χ4v) is 6.40. The molecule has 0 fully saturated rings. The molecule has 0 aliphatic carbocycles. The highest BCUT2D eigenvalue weighted by atomic mass is 15.0. The summed E-state index contributed by atoms with van der Waals surface area (Å²) in [6.45, 7) is 12.4. The number of aromatic nitrogens is 2. The average Bonchev–Trinajstić information content (AvgIpc) is 3.42. The number of rotatable bonds is 7. The number of pyridine rings is 1. The van der Waals surface area contributed by atoms with E-state index in [2.05, 4.69) is 126 Å². The highest BCUT2D eigenvalue weighted by Gasteiger charge is 2.19. The molecule has 44 heavy (non-hydrogen) atoms. The summed E-state index contributed by atoms with van der Waals surface area (Å²) in [6.07, 6.45) is 9.49. The maximum absolute atomic E-state index is 4.79. The lowest BCUT2D eigenvalue weighted by molar-refractivity contribution is 1.17. The van der Waals surface area contributed by atoms with Gasteiger partial charge in [-0.2, -0.15) is 0 Å². The van der Waals surface area contributed by atoms with Crippen LogP contribution in [0.1, 0.15) is 22.3 Å². The van der Waals surface area contributed by atoms with Gasteiger partial charge in [0.2, 0.25) is 0 Å². The first kappa shape index (κ1) is 27.1. The van der Waals surface area contributed by atoms with Crippen LogP contribution in [0.4, 0.5) is 0 Å². The van der Waals surface area contributed by atoms with Gasteiger partial charge in [0.1, 0.15) is 0 Å². The summed E-state index contributed by atoms with van der Waals surface area (Å²) in [6, 6.07) is 36.5. The van der Waals surface area contributed by atoms with Gasteiger partial charge in [-0.1, -0.05) is 111 Å². The van der Waals surface area contributed by atoms with E-state index in [1.807, 2.05) is 36.7 Å². The largest absolute Gasteiger partial charge is 0.309 e. The Morgan fingerprint density at radius 2 is 1.43 bits per heavy atom. The van der Waals surface area contributed by atoms with Gasteiger partial charge in [-0.3, -0.25) is 9.98 Å². The predicted molar refractivity (Wildman–Crippen MR) is 191 cm³/mol. The zero-order valence-electron chi connectivity index (χ0n) is 24.7. The van der Waals surface area contributed by atoms with Gasteiger partial charge in [0.05, 0.1) is 22.2 Å². The summed E-state index contributed by atoms with van der Waals surface area (Å²) in [5.41, 5.74) is 13.0. The summed E-state index contributed by atoms with van der Waals surface area (Å²) in [7, 11) is 1.79. The van der Waals surface area contributed by atoms with Crippen molar-refractivity contribution in [2.75, 3.05) is 7.05 Å². The molecule has 0 radical (unpaired) electrons. The quantitative estimate of drug-likeness (QED) is 0.177. The fourth-order valence-electron chi connectivity index (χ4n) is 6.40. The fraction of sp³-hybridized carbons (Fsp3) is 0.0244. The molecule has 0 unspecified atom stereocenters. The molecule has 7 rings (SSSR count). The van der Waals surface area contributed by atoms with Crippen LogP contribution < -0.4 is 0 Å². The van der Waals surface area contributed by atoms with Crippen LogP contribution in [0.3, 0.4) is 0 Å². The Balaban J connectivity index is 1.38. The minimum Gasteiger partial charge on any atom is -0.309 e. The van der Waals surface area contributed by atoms with Crippen molar-refractivity contribution in [2.24, 2.45) is 4.99 Å². The molecule has 0 saturated heterocycles. The molecule has 210 valence electrons. The van der Waals surface area contributed by atoms with Crippen LogP contribution in [0.5, 0.6) is 0 Å². The molecule has 2 aromatic heterocycles. The number of nitrogens with zero attached hydrogens (tertiary/aromatic N) is 3. The van der Waals surface area contributed by atoms with Gasteiger partial charge in [0.25, 0.3) is 0 Å². The van der Waals surface area contributed by atoms with Crippen LogP contribution in [-0.4, -0.2) is 22.8 Å². The molecule has 0 aliphatic heterocycles. The van der Waals surface area contributed by atoms with Crippen molar-refractivity contribution < 1.29 is 0 Å². The molecule has 0 saturated carbocycles. The molecule has 0 N–H and O–H groups in total. The van der Waals surface area contributed by atoms with Crippen molar-refractivity contribution in [1.29, 1.82) is 0 Å². The summed E-state index contributed by atoms with van der Waals surface area (Å²) < 4.78 is 2.33. The van der Waals surface area contributed by atoms with Crippen molar-refractivity contribution >= 4 is 57.2 Å². The second kappa shape index (κ2) is 11.1. The zero-order valence-corrected chi connectivity index (χ0v) is 24.7. The van der Waals surface area contributed by atoms with E-state index in [1.54, 1.807) is 7.05 Å². The monoisotopic (exact) mass is 565 g/mol. The molecule has 2 heterocycles. The molecule has 0 amide bonds. The highest BCUT2D eigenvalue weighted by molar-refractivity contribution is 6.20. The first-order valence-corrected chi connectivity index (χ1v) is 14.7. The standard InChI is InChI=1S/C41H31N3/c1-5-27-14-19-31(25-32(27)26-42-4)28-15-17-29(18-16-28)35-21-23-38(34(7-3)33(35)6-2)44-37-13-9-8-12-36(37)40-39(44)22-20-30-11-10-24-43-41(30)40/h5-26H,1-3H2,4H3. The van der Waals surface area contributed by atoms with E-state index in [1.165, 1.54) is 5.39 Å². The normalized spacial score (nSPS) is 11.5. The highest BCUT2D eigenvalue weighted by Crippen LogP contribution is 2.39. The number of para-hydroxylation sites is 1. The molecule has 0 atom stereocenters. The molecular formula is C41H31N3. The van der Waals surface area contributed by atoms with Crippen LogP contribution in [0.15, 0.2) is 134 Å². The Hall–Kier alpha value is -5.80. The Morgan fingerprint density at radius 1 is 0.659 bits per heavy atom. The summed E-state index contributed by atoms with van der Waals surface area (Å²) in [5.74, 6) is 0. The maximum Gasteiger partial charge on any atom is 0.0802 e. The van der Waals surface area contributed by atoms with Gasteiger partial charge in [-0.15, -0.1) is 0 Å². The van der Waals surface area contributed by atoms with Gasteiger partial charge in [0.15, 0.2) is 0 Å². The zero-order chi connectivity index (χ0) is 30.2. The van der Waals surface area contributed by atoms with E-state index in [-0.39, 0.29) is 0 Å². The Kier molecular flexibility index (Phi) is 6.84. The van der Waals surface area contributed by atoms with Crippen LogP contribution >= 0.6 is 0 Å². The first-order valence-electron chi connectivity index (χ1n) is 14.7. The van der Waals surface area contributed by atoms with E-state index < -0.39 is 0 Å². The second-order valence-corrected chi connectivity index (χ2v) is 10.8. The number of aliphatic imine (C=N–C) groups is 1. The van der Waals surface area contributed by atoms with Crippen molar-refractivity contribution in [2.45, 2.75) is 0 Å². The van der Waals surface area contributed by atoms with Crippen molar-refractivity contribution in [1.82, 2.24) is 9.55 Å². The molecule has 3 heteroatoms. The van der Waals surface area contributed by atoms with E-state index in [9.17, 15) is 0 Å². The molecule has 3 nitrogen and oxygen atoms in total. The van der Waals surface area contributed by atoms with E-state index >= 15 is 0 Å². The van der Waals surface area contributed by atoms with Gasteiger partial charge < -0.3 is 4.57 Å². The van der Waals surface area contributed by atoms with Gasteiger partial charge in [-0.05, 0) is 63.7 Å². The van der Waals surface area contributed by atoms with Gasteiger partial charge in [-0.25, -0.2) is 0 Å². The summed E-state index contributed by atoms with van der Waals surface area (Å²) in [5, 5.41) is 3.46. The minimum atomic E-state index is 1.01. The van der Waals surface area contributed by atoms with Crippen LogP contribution in [0.2, 0.25) is 0 Å². The third kappa shape index (κ3) is 4.29. The van der Waals surface area contributed by atoms with E-state index in [0.717, 1.165) is 77.5 Å². The molecular weight excluding hydrogens is 534 g/mol. The van der Waals surface area contributed by atoms with Crippen LogP contribution in [0.25, 0.3) is 78.9 Å². The smallest absolute Gasteiger partial charge is 0.0802 e. The topological polar surface area (TPSA) is 30.2 Å². The molecule has 0 bridgehead atoms. The van der Waals surface area contributed by atoms with Crippen LogP contribution in [0, 0.1) is 0 Å².